The van der Waals surface area contributed by atoms with Crippen LogP contribution >= 0.6 is 0 Å². The van der Waals surface area contributed by atoms with Crippen LogP contribution in [0.25, 0.3) is 0 Å². The van der Waals surface area contributed by atoms with Gasteiger partial charge < -0.3 is 18.9 Å². The van der Waals surface area contributed by atoms with Crippen molar-refractivity contribution in [3.05, 3.63) is 35.6 Å². The summed E-state index contributed by atoms with van der Waals surface area (Å²) in [4.78, 5) is 0. The van der Waals surface area contributed by atoms with E-state index >= 15 is 0 Å². The Kier molecular flexibility index (Phi) is 3.79. The zero-order valence-electron chi connectivity index (χ0n) is 10.8. The van der Waals surface area contributed by atoms with E-state index in [-0.39, 0.29) is 37.0 Å². The lowest BCUT2D eigenvalue weighted by atomic mass is 10.0. The van der Waals surface area contributed by atoms with Crippen molar-refractivity contribution in [2.75, 3.05) is 13.7 Å². The first-order chi connectivity index (χ1) is 9.28. The summed E-state index contributed by atoms with van der Waals surface area (Å²) in [7, 11) is 1.63. The Hall–Kier alpha value is -1.01. The number of rotatable bonds is 4. The van der Waals surface area contributed by atoms with Crippen LogP contribution in [0.5, 0.6) is 0 Å². The molecule has 0 saturated carbocycles. The van der Waals surface area contributed by atoms with E-state index in [1.54, 1.807) is 25.3 Å². The SMILES string of the molecule is CO[C@@H]1C[C@H](OCc2ccccc2F)[C@H]2CO[C@@H]1O2. The highest BCUT2D eigenvalue weighted by Crippen LogP contribution is 2.31. The number of methoxy groups -OCH3 is 1. The van der Waals surface area contributed by atoms with Crippen molar-refractivity contribution in [2.24, 2.45) is 0 Å². The fourth-order valence-corrected chi connectivity index (χ4v) is 2.52. The molecule has 2 bridgehead atoms. The first-order valence-electron chi connectivity index (χ1n) is 6.43. The molecule has 3 rings (SSSR count). The van der Waals surface area contributed by atoms with Crippen molar-refractivity contribution >= 4 is 0 Å². The average molecular weight is 268 g/mol. The summed E-state index contributed by atoms with van der Waals surface area (Å²) >= 11 is 0. The van der Waals surface area contributed by atoms with Crippen LogP contribution in [0.2, 0.25) is 0 Å². The molecule has 0 radical (unpaired) electrons. The van der Waals surface area contributed by atoms with E-state index in [1.807, 2.05) is 0 Å². The van der Waals surface area contributed by atoms with Crippen molar-refractivity contribution in [3.63, 3.8) is 0 Å². The fraction of sp³-hybridized carbons (Fsp3) is 0.571. The van der Waals surface area contributed by atoms with Gasteiger partial charge in [0.25, 0.3) is 0 Å². The molecule has 104 valence electrons. The second kappa shape index (κ2) is 5.54. The predicted molar refractivity (Wildman–Crippen MR) is 65.0 cm³/mol. The molecule has 4 nitrogen and oxygen atoms in total. The Balaban J connectivity index is 1.62. The van der Waals surface area contributed by atoms with Crippen LogP contribution in [-0.2, 0) is 25.6 Å². The maximum atomic E-state index is 13.5. The van der Waals surface area contributed by atoms with E-state index in [0.29, 0.717) is 18.6 Å². The van der Waals surface area contributed by atoms with Gasteiger partial charge in [0, 0.05) is 19.1 Å². The molecule has 2 heterocycles. The van der Waals surface area contributed by atoms with Gasteiger partial charge in [0.15, 0.2) is 6.29 Å². The summed E-state index contributed by atoms with van der Waals surface area (Å²) in [6.07, 6.45) is 0.0967. The summed E-state index contributed by atoms with van der Waals surface area (Å²) in [5, 5.41) is 0. The second-order valence-corrected chi connectivity index (χ2v) is 4.83. The highest BCUT2D eigenvalue weighted by atomic mass is 19.1. The molecule has 19 heavy (non-hydrogen) atoms. The quantitative estimate of drug-likeness (QED) is 0.835. The molecule has 2 aliphatic rings. The minimum Gasteiger partial charge on any atom is -0.376 e. The van der Waals surface area contributed by atoms with E-state index in [0.717, 1.165) is 0 Å². The molecule has 0 aromatic heterocycles. The average Bonchev–Trinajstić information content (AvgIpc) is 2.85. The lowest BCUT2D eigenvalue weighted by Crippen LogP contribution is -2.44. The maximum Gasteiger partial charge on any atom is 0.184 e. The van der Waals surface area contributed by atoms with Crippen molar-refractivity contribution in [1.82, 2.24) is 0 Å². The van der Waals surface area contributed by atoms with Gasteiger partial charge in [-0.25, -0.2) is 4.39 Å². The number of hydrogen-bond donors (Lipinski definition) is 0. The molecular weight excluding hydrogens is 251 g/mol. The lowest BCUT2D eigenvalue weighted by Gasteiger charge is -2.32. The summed E-state index contributed by atoms with van der Waals surface area (Å²) in [6, 6.07) is 6.62. The van der Waals surface area contributed by atoms with Crippen LogP contribution in [-0.4, -0.2) is 38.3 Å². The third kappa shape index (κ3) is 2.65. The topological polar surface area (TPSA) is 36.9 Å². The van der Waals surface area contributed by atoms with Gasteiger partial charge >= 0.3 is 0 Å². The predicted octanol–water partition coefficient (Wildman–Crippen LogP) is 1.87. The molecule has 1 aromatic rings. The minimum absolute atomic E-state index is 0.0804. The van der Waals surface area contributed by atoms with Crippen molar-refractivity contribution in [2.45, 2.75) is 37.6 Å². The van der Waals surface area contributed by atoms with E-state index in [1.165, 1.54) is 6.07 Å². The third-order valence-corrected chi connectivity index (χ3v) is 3.63. The van der Waals surface area contributed by atoms with Gasteiger partial charge in [0.05, 0.1) is 19.3 Å². The summed E-state index contributed by atoms with van der Waals surface area (Å²) in [6.45, 7) is 0.741. The third-order valence-electron chi connectivity index (χ3n) is 3.63. The van der Waals surface area contributed by atoms with Crippen molar-refractivity contribution in [3.8, 4) is 0 Å². The molecule has 2 fully saturated rings. The molecule has 4 atom stereocenters. The Bertz CT molecular complexity index is 439. The zero-order valence-corrected chi connectivity index (χ0v) is 10.8. The Morgan fingerprint density at radius 3 is 2.95 bits per heavy atom. The molecule has 5 heteroatoms. The van der Waals surface area contributed by atoms with Gasteiger partial charge in [-0.2, -0.15) is 0 Å². The fourth-order valence-electron chi connectivity index (χ4n) is 2.52. The monoisotopic (exact) mass is 268 g/mol. The zero-order chi connectivity index (χ0) is 13.2. The number of ether oxygens (including phenoxy) is 4. The normalized spacial score (nSPS) is 33.6. The Morgan fingerprint density at radius 2 is 2.16 bits per heavy atom. The minimum atomic E-state index is -0.289. The van der Waals surface area contributed by atoms with E-state index in [4.69, 9.17) is 18.9 Å². The smallest absolute Gasteiger partial charge is 0.184 e. The van der Waals surface area contributed by atoms with Crippen LogP contribution in [0.1, 0.15) is 12.0 Å². The van der Waals surface area contributed by atoms with Gasteiger partial charge in [-0.1, -0.05) is 18.2 Å². The van der Waals surface area contributed by atoms with E-state index in [2.05, 4.69) is 0 Å². The largest absolute Gasteiger partial charge is 0.376 e. The molecule has 2 aliphatic heterocycles. The molecule has 1 aromatic carbocycles. The van der Waals surface area contributed by atoms with Crippen LogP contribution in [0.15, 0.2) is 24.3 Å². The maximum absolute atomic E-state index is 13.5. The molecule has 0 spiro atoms. The highest BCUT2D eigenvalue weighted by Gasteiger charge is 2.44. The van der Waals surface area contributed by atoms with Crippen LogP contribution in [0.4, 0.5) is 4.39 Å². The first-order valence-corrected chi connectivity index (χ1v) is 6.43. The standard InChI is InChI=1S/C14H17FO4/c1-16-12-6-11(13-8-18-14(12)19-13)17-7-9-4-2-3-5-10(9)15/h2-5,11-14H,6-8H2,1H3/t11-,12+,13+,14+/m0/s1. The second-order valence-electron chi connectivity index (χ2n) is 4.83. The molecule has 0 unspecified atom stereocenters. The Labute approximate surface area is 111 Å². The number of benzene rings is 1. The highest BCUT2D eigenvalue weighted by molar-refractivity contribution is 5.16. The van der Waals surface area contributed by atoms with Gasteiger partial charge in [0.2, 0.25) is 0 Å². The van der Waals surface area contributed by atoms with Crippen LogP contribution in [0, 0.1) is 5.82 Å². The van der Waals surface area contributed by atoms with Gasteiger partial charge in [-0.3, -0.25) is 0 Å². The number of halogens is 1. The van der Waals surface area contributed by atoms with Gasteiger partial charge in [-0.15, -0.1) is 0 Å². The van der Waals surface area contributed by atoms with Gasteiger partial charge in [-0.05, 0) is 6.07 Å². The molecule has 0 N–H and O–H groups in total. The van der Waals surface area contributed by atoms with Crippen molar-refractivity contribution in [1.29, 1.82) is 0 Å². The summed E-state index contributed by atoms with van der Waals surface area (Å²) in [5.74, 6) is -0.247. The van der Waals surface area contributed by atoms with Gasteiger partial charge in [0.1, 0.15) is 18.0 Å². The number of fused-ring (bicyclic) bond motifs is 2. The van der Waals surface area contributed by atoms with Crippen LogP contribution in [0.3, 0.4) is 0 Å². The van der Waals surface area contributed by atoms with E-state index < -0.39 is 0 Å². The molecule has 0 aliphatic carbocycles. The van der Waals surface area contributed by atoms with Crippen LogP contribution < -0.4 is 0 Å². The summed E-state index contributed by atoms with van der Waals surface area (Å²) < 4.78 is 35.8. The first kappa shape index (κ1) is 13.0. The molecule has 2 saturated heterocycles. The summed E-state index contributed by atoms with van der Waals surface area (Å²) in [5.41, 5.74) is 0.553. The lowest BCUT2D eigenvalue weighted by molar-refractivity contribution is -0.201. The van der Waals surface area contributed by atoms with E-state index in [9.17, 15) is 4.39 Å². The van der Waals surface area contributed by atoms with Crippen molar-refractivity contribution < 1.29 is 23.3 Å². The Morgan fingerprint density at radius 1 is 1.32 bits per heavy atom. The number of hydrogen-bond acceptors (Lipinski definition) is 4. The molecule has 0 amide bonds. The molecular formula is C14H17FO4.